The van der Waals surface area contributed by atoms with Crippen molar-refractivity contribution in [1.82, 2.24) is 10.9 Å². The lowest BCUT2D eigenvalue weighted by molar-refractivity contribution is -0.122. The van der Waals surface area contributed by atoms with E-state index in [1.165, 1.54) is 48.8 Å². The fourth-order valence-corrected chi connectivity index (χ4v) is 2.05. The second-order valence-corrected chi connectivity index (χ2v) is 5.55. The zero-order valence-electron chi connectivity index (χ0n) is 14.4. The second-order valence-electron chi connectivity index (χ2n) is 5.55. The van der Waals surface area contributed by atoms with Crippen LogP contribution in [0.4, 0.5) is 8.78 Å². The highest BCUT2D eigenvalue weighted by Crippen LogP contribution is 2.01. The van der Waals surface area contributed by atoms with Gasteiger partial charge in [-0.05, 0) is 41.8 Å². The molecule has 0 bridgehead atoms. The van der Waals surface area contributed by atoms with Crippen LogP contribution in [0.3, 0.4) is 0 Å². The monoisotopic (exact) mass is 372 g/mol. The molecule has 140 valence electrons. The summed E-state index contributed by atoms with van der Waals surface area (Å²) >= 11 is 0. The van der Waals surface area contributed by atoms with Gasteiger partial charge in [0.15, 0.2) is 0 Å². The molecule has 2 N–H and O–H groups in total. The normalized spacial score (nSPS) is 11.0. The minimum atomic E-state index is -0.392. The van der Waals surface area contributed by atoms with Crippen molar-refractivity contribution >= 4 is 24.2 Å². The van der Waals surface area contributed by atoms with E-state index in [0.29, 0.717) is 17.5 Å². The standard InChI is InChI=1S/C19H18F2N4O2/c20-16-6-1-4-14(10-16)12-22-24-18(26)8-3-9-19(27)25-23-13-15-5-2-7-17(21)11-15/h1-2,4-7,10-13H,3,8-9H2,(H,24,26)(H,25,27). The van der Waals surface area contributed by atoms with Gasteiger partial charge in [-0.3, -0.25) is 9.59 Å². The Bertz CT molecular complexity index is 784. The first-order chi connectivity index (χ1) is 13.0. The van der Waals surface area contributed by atoms with Gasteiger partial charge in [-0.2, -0.15) is 10.2 Å². The van der Waals surface area contributed by atoms with Crippen LogP contribution in [0.2, 0.25) is 0 Å². The molecule has 0 aliphatic carbocycles. The number of hydrogen-bond donors (Lipinski definition) is 2. The van der Waals surface area contributed by atoms with Crippen LogP contribution in [0.15, 0.2) is 58.7 Å². The lowest BCUT2D eigenvalue weighted by atomic mass is 10.2. The van der Waals surface area contributed by atoms with Crippen molar-refractivity contribution in [1.29, 1.82) is 0 Å². The molecule has 0 spiro atoms. The van der Waals surface area contributed by atoms with E-state index in [2.05, 4.69) is 21.1 Å². The summed E-state index contributed by atoms with van der Waals surface area (Å²) in [6, 6.07) is 11.5. The summed E-state index contributed by atoms with van der Waals surface area (Å²) in [6.45, 7) is 0. The molecule has 0 aromatic heterocycles. The summed E-state index contributed by atoms with van der Waals surface area (Å²) < 4.78 is 26.0. The smallest absolute Gasteiger partial charge is 0.240 e. The Morgan fingerprint density at radius 3 is 1.67 bits per heavy atom. The molecule has 0 saturated heterocycles. The lowest BCUT2D eigenvalue weighted by Crippen LogP contribution is -2.20. The van der Waals surface area contributed by atoms with E-state index >= 15 is 0 Å². The van der Waals surface area contributed by atoms with Gasteiger partial charge in [-0.1, -0.05) is 24.3 Å². The summed E-state index contributed by atoms with van der Waals surface area (Å²) in [4.78, 5) is 23.2. The Labute approximate surface area is 155 Å². The molecule has 0 aliphatic rings. The Morgan fingerprint density at radius 1 is 0.815 bits per heavy atom. The van der Waals surface area contributed by atoms with Crippen LogP contribution < -0.4 is 10.9 Å². The molecule has 27 heavy (non-hydrogen) atoms. The third-order valence-electron chi connectivity index (χ3n) is 3.31. The Kier molecular flexibility index (Phi) is 7.77. The van der Waals surface area contributed by atoms with Gasteiger partial charge in [0.2, 0.25) is 11.8 Å². The zero-order chi connectivity index (χ0) is 19.5. The van der Waals surface area contributed by atoms with Crippen molar-refractivity contribution in [2.24, 2.45) is 10.2 Å². The van der Waals surface area contributed by atoms with Gasteiger partial charge < -0.3 is 0 Å². The number of hydrazone groups is 2. The molecule has 6 nitrogen and oxygen atoms in total. The SMILES string of the molecule is O=C(CCCC(=O)NN=Cc1cccc(F)c1)NN=Cc1cccc(F)c1. The largest absolute Gasteiger partial charge is 0.273 e. The second kappa shape index (κ2) is 10.5. The number of carbonyl (C=O) groups excluding carboxylic acids is 2. The first kappa shape index (κ1) is 19.9. The molecule has 0 saturated carbocycles. The molecule has 0 atom stereocenters. The number of amides is 2. The van der Waals surface area contributed by atoms with E-state index in [1.807, 2.05) is 0 Å². The van der Waals surface area contributed by atoms with Crippen molar-refractivity contribution in [2.45, 2.75) is 19.3 Å². The Balaban J connectivity index is 1.63. The molecule has 0 fully saturated rings. The third-order valence-corrected chi connectivity index (χ3v) is 3.31. The molecule has 0 aliphatic heterocycles. The molecule has 2 aromatic rings. The van der Waals surface area contributed by atoms with Crippen molar-refractivity contribution in [2.75, 3.05) is 0 Å². The topological polar surface area (TPSA) is 82.9 Å². The summed E-state index contributed by atoms with van der Waals surface area (Å²) in [5.74, 6) is -1.51. The van der Waals surface area contributed by atoms with Gasteiger partial charge in [0.05, 0.1) is 12.4 Å². The number of benzene rings is 2. The number of rotatable bonds is 8. The van der Waals surface area contributed by atoms with Gasteiger partial charge in [0, 0.05) is 12.8 Å². The minimum Gasteiger partial charge on any atom is -0.273 e. The number of nitrogens with one attached hydrogen (secondary N) is 2. The maximum Gasteiger partial charge on any atom is 0.240 e. The number of carbonyl (C=O) groups is 2. The first-order valence-corrected chi connectivity index (χ1v) is 8.18. The Hall–Kier alpha value is -3.42. The van der Waals surface area contributed by atoms with Gasteiger partial charge in [0.25, 0.3) is 0 Å². The van der Waals surface area contributed by atoms with E-state index in [1.54, 1.807) is 12.1 Å². The maximum absolute atomic E-state index is 13.0. The van der Waals surface area contributed by atoms with Gasteiger partial charge in [-0.15, -0.1) is 0 Å². The first-order valence-electron chi connectivity index (χ1n) is 8.18. The summed E-state index contributed by atoms with van der Waals surface area (Å²) in [6.07, 6.45) is 3.16. The molecule has 2 amide bonds. The zero-order valence-corrected chi connectivity index (χ0v) is 14.4. The molecule has 2 aromatic carbocycles. The summed E-state index contributed by atoms with van der Waals surface area (Å²) in [7, 11) is 0. The quantitative estimate of drug-likeness (QED) is 0.552. The van der Waals surface area contributed by atoms with E-state index in [4.69, 9.17) is 0 Å². The van der Waals surface area contributed by atoms with Gasteiger partial charge in [-0.25, -0.2) is 19.6 Å². The fourth-order valence-electron chi connectivity index (χ4n) is 2.05. The van der Waals surface area contributed by atoms with Crippen molar-refractivity contribution in [3.63, 3.8) is 0 Å². The van der Waals surface area contributed by atoms with Crippen LogP contribution in [-0.4, -0.2) is 24.2 Å². The van der Waals surface area contributed by atoms with Crippen LogP contribution in [0.5, 0.6) is 0 Å². The Morgan fingerprint density at radius 2 is 1.26 bits per heavy atom. The highest BCUT2D eigenvalue weighted by molar-refractivity contribution is 5.83. The minimum absolute atomic E-state index is 0.0987. The predicted molar refractivity (Wildman–Crippen MR) is 98.1 cm³/mol. The molecule has 0 radical (unpaired) electrons. The van der Waals surface area contributed by atoms with E-state index in [9.17, 15) is 18.4 Å². The van der Waals surface area contributed by atoms with Crippen LogP contribution in [0, 0.1) is 11.6 Å². The van der Waals surface area contributed by atoms with Gasteiger partial charge >= 0.3 is 0 Å². The highest BCUT2D eigenvalue weighted by Gasteiger charge is 2.04. The highest BCUT2D eigenvalue weighted by atomic mass is 19.1. The molecule has 0 heterocycles. The number of nitrogens with zero attached hydrogens (tertiary/aromatic N) is 2. The van der Waals surface area contributed by atoms with Crippen molar-refractivity contribution < 1.29 is 18.4 Å². The van der Waals surface area contributed by atoms with E-state index in [-0.39, 0.29) is 24.7 Å². The average molecular weight is 372 g/mol. The molecular formula is C19H18F2N4O2. The number of hydrogen-bond acceptors (Lipinski definition) is 4. The van der Waals surface area contributed by atoms with Crippen molar-refractivity contribution in [3.05, 3.63) is 71.3 Å². The molecule has 2 rings (SSSR count). The maximum atomic E-state index is 13.0. The van der Waals surface area contributed by atoms with Crippen LogP contribution in [-0.2, 0) is 9.59 Å². The van der Waals surface area contributed by atoms with Crippen LogP contribution >= 0.6 is 0 Å². The predicted octanol–water partition coefficient (Wildman–Crippen LogP) is 2.74. The number of halogens is 2. The summed E-state index contributed by atoms with van der Waals surface area (Å²) in [5, 5.41) is 7.45. The van der Waals surface area contributed by atoms with E-state index < -0.39 is 11.6 Å². The average Bonchev–Trinajstić information content (AvgIpc) is 2.62. The molecule has 8 heteroatoms. The van der Waals surface area contributed by atoms with Crippen LogP contribution in [0.25, 0.3) is 0 Å². The van der Waals surface area contributed by atoms with E-state index in [0.717, 1.165) is 0 Å². The fraction of sp³-hybridized carbons (Fsp3) is 0.158. The lowest BCUT2D eigenvalue weighted by Gasteiger charge is -2.00. The third kappa shape index (κ3) is 8.00. The van der Waals surface area contributed by atoms with Crippen molar-refractivity contribution in [3.8, 4) is 0 Å². The molecule has 0 unspecified atom stereocenters. The van der Waals surface area contributed by atoms with Crippen LogP contribution in [0.1, 0.15) is 30.4 Å². The summed E-state index contributed by atoms with van der Waals surface area (Å²) in [5.41, 5.74) is 5.65. The molecular weight excluding hydrogens is 354 g/mol. The van der Waals surface area contributed by atoms with Gasteiger partial charge in [0.1, 0.15) is 11.6 Å².